The molecule has 1 unspecified atom stereocenters. The summed E-state index contributed by atoms with van der Waals surface area (Å²) in [6.07, 6.45) is 2.72. The fourth-order valence-electron chi connectivity index (χ4n) is 4.39. The summed E-state index contributed by atoms with van der Waals surface area (Å²) in [4.78, 5) is 4.85. The van der Waals surface area contributed by atoms with Gasteiger partial charge in [0.15, 0.2) is 17.3 Å². The SMILES string of the molecule is C=CCN1CCN(C(c2ccc(Cl)cc2)c2nnnn2CCc2ccc(OC)c(OC)c2)CC1.Cl. The highest BCUT2D eigenvalue weighted by atomic mass is 35.5. The summed E-state index contributed by atoms with van der Waals surface area (Å²) in [6, 6.07) is 13.9. The minimum Gasteiger partial charge on any atom is -0.493 e. The van der Waals surface area contributed by atoms with Crippen LogP contribution in [-0.4, -0.2) is 77.0 Å². The van der Waals surface area contributed by atoms with Crippen LogP contribution in [0.3, 0.4) is 0 Å². The highest BCUT2D eigenvalue weighted by Gasteiger charge is 2.30. The molecule has 0 amide bonds. The molecule has 35 heavy (non-hydrogen) atoms. The van der Waals surface area contributed by atoms with Gasteiger partial charge in [0, 0.05) is 44.3 Å². The first-order valence-electron chi connectivity index (χ1n) is 11.4. The summed E-state index contributed by atoms with van der Waals surface area (Å²) in [5.74, 6) is 2.26. The van der Waals surface area contributed by atoms with Gasteiger partial charge in [0.25, 0.3) is 0 Å². The summed E-state index contributed by atoms with van der Waals surface area (Å²) in [5.41, 5.74) is 2.25. The summed E-state index contributed by atoms with van der Waals surface area (Å²) in [7, 11) is 3.28. The Morgan fingerprint density at radius 3 is 2.40 bits per heavy atom. The van der Waals surface area contributed by atoms with Crippen LogP contribution >= 0.6 is 24.0 Å². The molecule has 1 fully saturated rings. The van der Waals surface area contributed by atoms with E-state index in [9.17, 15) is 0 Å². The van der Waals surface area contributed by atoms with Gasteiger partial charge in [-0.25, -0.2) is 4.68 Å². The molecule has 0 spiro atoms. The number of aryl methyl sites for hydroxylation is 2. The lowest BCUT2D eigenvalue weighted by Gasteiger charge is -2.38. The molecule has 1 aliphatic rings. The van der Waals surface area contributed by atoms with Crippen LogP contribution in [0, 0.1) is 0 Å². The minimum absolute atomic E-state index is 0. The van der Waals surface area contributed by atoms with Crippen molar-refractivity contribution in [3.05, 3.63) is 77.1 Å². The van der Waals surface area contributed by atoms with Crippen molar-refractivity contribution in [3.63, 3.8) is 0 Å². The van der Waals surface area contributed by atoms with Crippen molar-refractivity contribution in [3.8, 4) is 11.5 Å². The highest BCUT2D eigenvalue weighted by Crippen LogP contribution is 2.30. The van der Waals surface area contributed by atoms with Crippen LogP contribution < -0.4 is 9.47 Å². The van der Waals surface area contributed by atoms with Crippen LogP contribution in [-0.2, 0) is 13.0 Å². The predicted molar refractivity (Wildman–Crippen MR) is 140 cm³/mol. The number of rotatable bonds is 10. The van der Waals surface area contributed by atoms with Crippen molar-refractivity contribution in [2.24, 2.45) is 0 Å². The third-order valence-electron chi connectivity index (χ3n) is 6.21. The molecule has 0 aliphatic carbocycles. The zero-order valence-corrected chi connectivity index (χ0v) is 21.7. The number of benzene rings is 2. The van der Waals surface area contributed by atoms with E-state index in [0.29, 0.717) is 23.1 Å². The predicted octanol–water partition coefficient (Wildman–Crippen LogP) is 3.90. The Morgan fingerprint density at radius 2 is 1.74 bits per heavy atom. The first-order valence-corrected chi connectivity index (χ1v) is 11.8. The van der Waals surface area contributed by atoms with Gasteiger partial charge in [-0.2, -0.15) is 0 Å². The molecule has 2 aromatic carbocycles. The molecule has 0 N–H and O–H groups in total. The van der Waals surface area contributed by atoms with Crippen molar-refractivity contribution in [1.82, 2.24) is 30.0 Å². The number of hydrogen-bond donors (Lipinski definition) is 0. The first-order chi connectivity index (χ1) is 16.6. The second kappa shape index (κ2) is 12.9. The van der Waals surface area contributed by atoms with Crippen molar-refractivity contribution >= 4 is 24.0 Å². The molecule has 4 rings (SSSR count). The maximum atomic E-state index is 6.18. The van der Waals surface area contributed by atoms with Crippen LogP contribution in [0.25, 0.3) is 0 Å². The molecule has 8 nitrogen and oxygen atoms in total. The standard InChI is InChI=1S/C25H31ClN6O2.ClH/c1-4-12-30-14-16-31(17-15-30)24(20-6-8-21(26)9-7-20)25-27-28-29-32(25)13-11-19-5-10-22(33-2)23(18-19)34-3;/h4-10,18,24H,1,11-17H2,2-3H3;1H. The quantitative estimate of drug-likeness (QED) is 0.377. The van der Waals surface area contributed by atoms with Crippen molar-refractivity contribution in [1.29, 1.82) is 0 Å². The molecule has 3 aromatic rings. The van der Waals surface area contributed by atoms with E-state index in [-0.39, 0.29) is 18.4 Å². The zero-order valence-electron chi connectivity index (χ0n) is 20.1. The largest absolute Gasteiger partial charge is 0.493 e. The number of methoxy groups -OCH3 is 2. The molecule has 0 radical (unpaired) electrons. The first kappa shape index (κ1) is 26.9. The molecule has 0 bridgehead atoms. The number of nitrogens with zero attached hydrogens (tertiary/aromatic N) is 6. The zero-order chi connectivity index (χ0) is 23.9. The van der Waals surface area contributed by atoms with E-state index in [0.717, 1.165) is 56.1 Å². The van der Waals surface area contributed by atoms with Gasteiger partial charge in [-0.05, 0) is 52.2 Å². The number of halogens is 2. The monoisotopic (exact) mass is 518 g/mol. The number of hydrogen-bond acceptors (Lipinski definition) is 7. The summed E-state index contributed by atoms with van der Waals surface area (Å²) < 4.78 is 12.7. The van der Waals surface area contributed by atoms with Crippen LogP contribution in [0.2, 0.25) is 5.02 Å². The van der Waals surface area contributed by atoms with Crippen LogP contribution in [0.5, 0.6) is 11.5 Å². The normalized spacial score (nSPS) is 15.3. The van der Waals surface area contributed by atoms with Crippen LogP contribution in [0.1, 0.15) is 23.0 Å². The maximum Gasteiger partial charge on any atom is 0.173 e. The Balaban J connectivity index is 0.00000342. The Bertz CT molecular complexity index is 1080. The van der Waals surface area contributed by atoms with Gasteiger partial charge in [-0.3, -0.25) is 9.80 Å². The Hall–Kier alpha value is -2.65. The van der Waals surface area contributed by atoms with E-state index in [4.69, 9.17) is 21.1 Å². The van der Waals surface area contributed by atoms with Gasteiger partial charge in [-0.15, -0.1) is 24.1 Å². The number of piperazine rings is 1. The lowest BCUT2D eigenvalue weighted by atomic mass is 10.0. The topological polar surface area (TPSA) is 68.5 Å². The van der Waals surface area contributed by atoms with Gasteiger partial charge in [-0.1, -0.05) is 35.9 Å². The second-order valence-corrected chi connectivity index (χ2v) is 8.72. The molecule has 1 atom stereocenters. The van der Waals surface area contributed by atoms with Gasteiger partial charge in [0.1, 0.15) is 0 Å². The van der Waals surface area contributed by atoms with Crippen LogP contribution in [0.15, 0.2) is 55.1 Å². The molecule has 1 aromatic heterocycles. The average Bonchev–Trinajstić information content (AvgIpc) is 3.33. The lowest BCUT2D eigenvalue weighted by molar-refractivity contribution is 0.112. The van der Waals surface area contributed by atoms with Gasteiger partial charge in [0.2, 0.25) is 0 Å². The van der Waals surface area contributed by atoms with Crippen molar-refractivity contribution in [2.75, 3.05) is 46.9 Å². The van der Waals surface area contributed by atoms with E-state index in [1.165, 1.54) is 0 Å². The molecule has 1 aliphatic heterocycles. The summed E-state index contributed by atoms with van der Waals surface area (Å²) in [5, 5.41) is 13.6. The fourth-order valence-corrected chi connectivity index (χ4v) is 4.52. The third-order valence-corrected chi connectivity index (χ3v) is 6.46. The van der Waals surface area contributed by atoms with E-state index < -0.39 is 0 Å². The van der Waals surface area contributed by atoms with Crippen LogP contribution in [0.4, 0.5) is 0 Å². The molecule has 0 saturated carbocycles. The minimum atomic E-state index is -0.0523. The smallest absolute Gasteiger partial charge is 0.173 e. The van der Waals surface area contributed by atoms with E-state index in [1.807, 2.05) is 41.1 Å². The number of tetrazole rings is 1. The fraction of sp³-hybridized carbons (Fsp3) is 0.400. The lowest BCUT2D eigenvalue weighted by Crippen LogP contribution is -2.48. The molecular formula is C25H32Cl2N6O2. The highest BCUT2D eigenvalue weighted by molar-refractivity contribution is 6.30. The molecule has 188 valence electrons. The molecule has 2 heterocycles. The molecule has 1 saturated heterocycles. The molecular weight excluding hydrogens is 487 g/mol. The van der Waals surface area contributed by atoms with Crippen molar-refractivity contribution in [2.45, 2.75) is 19.0 Å². The van der Waals surface area contributed by atoms with E-state index in [2.05, 4.69) is 44.0 Å². The Morgan fingerprint density at radius 1 is 1.03 bits per heavy atom. The Kier molecular flexibility index (Phi) is 9.92. The van der Waals surface area contributed by atoms with Gasteiger partial charge in [0.05, 0.1) is 20.3 Å². The summed E-state index contributed by atoms with van der Waals surface area (Å²) >= 11 is 6.18. The molecule has 10 heteroatoms. The van der Waals surface area contributed by atoms with Gasteiger partial charge < -0.3 is 9.47 Å². The van der Waals surface area contributed by atoms with E-state index in [1.54, 1.807) is 14.2 Å². The van der Waals surface area contributed by atoms with Gasteiger partial charge >= 0.3 is 0 Å². The maximum absolute atomic E-state index is 6.18. The van der Waals surface area contributed by atoms with Crippen molar-refractivity contribution < 1.29 is 9.47 Å². The summed E-state index contributed by atoms with van der Waals surface area (Å²) in [6.45, 7) is 9.22. The second-order valence-electron chi connectivity index (χ2n) is 8.28. The number of aromatic nitrogens is 4. The van der Waals surface area contributed by atoms with E-state index >= 15 is 0 Å². The number of ether oxygens (including phenoxy) is 2. The third kappa shape index (κ3) is 6.52. The average molecular weight is 519 g/mol. The Labute approximate surface area is 217 Å².